The Bertz CT molecular complexity index is 240. The fourth-order valence-electron chi connectivity index (χ4n) is 2.42. The summed E-state index contributed by atoms with van der Waals surface area (Å²) in [4.78, 5) is 13.8. The highest BCUT2D eigenvalue weighted by atomic mass is 16.2. The van der Waals surface area contributed by atoms with Crippen LogP contribution in [0.25, 0.3) is 0 Å². The summed E-state index contributed by atoms with van der Waals surface area (Å²) in [6.07, 6.45) is 3.63. The van der Waals surface area contributed by atoms with E-state index in [1.165, 1.54) is 12.8 Å². The van der Waals surface area contributed by atoms with Gasteiger partial charge < -0.3 is 16.0 Å². The minimum Gasteiger partial charge on any atom is -0.338 e. The molecule has 2 atom stereocenters. The normalized spacial score (nSPS) is 30.6. The summed E-state index contributed by atoms with van der Waals surface area (Å²) < 4.78 is 0. The van der Waals surface area contributed by atoms with Crippen LogP contribution in [0.2, 0.25) is 0 Å². The number of rotatable bonds is 3. The van der Waals surface area contributed by atoms with Gasteiger partial charge in [0.05, 0.1) is 6.17 Å². The summed E-state index contributed by atoms with van der Waals surface area (Å²) in [6, 6.07) is -0.0225. The molecule has 2 amide bonds. The van der Waals surface area contributed by atoms with Crippen molar-refractivity contribution >= 4 is 6.03 Å². The van der Waals surface area contributed by atoms with Crippen LogP contribution >= 0.6 is 0 Å². The maximum absolute atomic E-state index is 11.6. The first kappa shape index (κ1) is 11.7. The highest BCUT2D eigenvalue weighted by molar-refractivity contribution is 5.74. The Morgan fingerprint density at radius 3 is 3.00 bits per heavy atom. The number of likely N-dealkylation sites (tertiary alicyclic amines) is 1. The zero-order chi connectivity index (χ0) is 11.4. The molecule has 16 heavy (non-hydrogen) atoms. The number of nitrogens with zero attached hydrogens (tertiary/aromatic N) is 1. The van der Waals surface area contributed by atoms with Crippen LogP contribution in [0.1, 0.15) is 19.3 Å². The fourth-order valence-corrected chi connectivity index (χ4v) is 2.42. The Balaban J connectivity index is 1.63. The second kappa shape index (κ2) is 5.50. The van der Waals surface area contributed by atoms with Gasteiger partial charge >= 0.3 is 6.03 Å². The van der Waals surface area contributed by atoms with Crippen LogP contribution < -0.4 is 16.0 Å². The van der Waals surface area contributed by atoms with Gasteiger partial charge in [-0.25, -0.2) is 4.79 Å². The predicted octanol–water partition coefficient (Wildman–Crippen LogP) is -0.0532. The van der Waals surface area contributed by atoms with Crippen LogP contribution in [0.15, 0.2) is 0 Å². The molecule has 3 N–H and O–H groups in total. The van der Waals surface area contributed by atoms with Crippen LogP contribution in [-0.2, 0) is 0 Å². The first-order valence-corrected chi connectivity index (χ1v) is 6.21. The molecule has 2 rings (SSSR count). The van der Waals surface area contributed by atoms with Crippen molar-refractivity contribution in [2.75, 3.05) is 33.2 Å². The SMILES string of the molecule is CN1CCCC1NC(=O)NCC1CCNC1. The minimum atomic E-state index is -0.0225. The maximum atomic E-state index is 11.6. The van der Waals surface area contributed by atoms with Crippen molar-refractivity contribution in [2.45, 2.75) is 25.4 Å². The molecule has 2 heterocycles. The molecule has 2 unspecified atom stereocenters. The number of urea groups is 1. The monoisotopic (exact) mass is 226 g/mol. The third-order valence-electron chi connectivity index (χ3n) is 3.53. The van der Waals surface area contributed by atoms with Gasteiger partial charge in [0.25, 0.3) is 0 Å². The highest BCUT2D eigenvalue weighted by Crippen LogP contribution is 2.11. The Hall–Kier alpha value is -0.810. The third-order valence-corrected chi connectivity index (χ3v) is 3.53. The molecular weight excluding hydrogens is 204 g/mol. The Morgan fingerprint density at radius 2 is 2.38 bits per heavy atom. The smallest absolute Gasteiger partial charge is 0.316 e. The molecule has 5 nitrogen and oxygen atoms in total. The van der Waals surface area contributed by atoms with Crippen molar-refractivity contribution in [1.82, 2.24) is 20.9 Å². The lowest BCUT2D eigenvalue weighted by Gasteiger charge is -2.21. The molecule has 0 aromatic carbocycles. The van der Waals surface area contributed by atoms with Crippen molar-refractivity contribution in [3.63, 3.8) is 0 Å². The van der Waals surface area contributed by atoms with E-state index in [-0.39, 0.29) is 12.2 Å². The Kier molecular flexibility index (Phi) is 4.01. The molecule has 2 aliphatic heterocycles. The van der Waals surface area contributed by atoms with Gasteiger partial charge in [-0.1, -0.05) is 0 Å². The zero-order valence-electron chi connectivity index (χ0n) is 9.96. The predicted molar refractivity (Wildman–Crippen MR) is 63.2 cm³/mol. The molecule has 0 radical (unpaired) electrons. The molecule has 2 fully saturated rings. The van der Waals surface area contributed by atoms with Gasteiger partial charge in [0.2, 0.25) is 0 Å². The number of hydrogen-bond acceptors (Lipinski definition) is 3. The second-order valence-electron chi connectivity index (χ2n) is 4.85. The first-order valence-electron chi connectivity index (χ1n) is 6.21. The lowest BCUT2D eigenvalue weighted by molar-refractivity contribution is 0.215. The van der Waals surface area contributed by atoms with E-state index < -0.39 is 0 Å². The van der Waals surface area contributed by atoms with Crippen LogP contribution in [-0.4, -0.2) is 50.3 Å². The molecule has 0 aliphatic carbocycles. The van der Waals surface area contributed by atoms with E-state index in [9.17, 15) is 4.79 Å². The largest absolute Gasteiger partial charge is 0.338 e. The molecule has 2 saturated heterocycles. The van der Waals surface area contributed by atoms with E-state index in [0.717, 1.165) is 32.6 Å². The van der Waals surface area contributed by atoms with Gasteiger partial charge in [0.15, 0.2) is 0 Å². The van der Waals surface area contributed by atoms with Crippen LogP contribution in [0.3, 0.4) is 0 Å². The summed E-state index contributed by atoms with van der Waals surface area (Å²) in [5.74, 6) is 0.604. The van der Waals surface area contributed by atoms with E-state index in [2.05, 4.69) is 27.9 Å². The Labute approximate surface area is 96.9 Å². The standard InChI is InChI=1S/C11H22N4O/c1-15-6-2-3-10(15)14-11(16)13-8-9-4-5-12-7-9/h9-10,12H,2-8H2,1H3,(H2,13,14,16). The first-order chi connectivity index (χ1) is 7.75. The number of carbonyl (C=O) groups excluding carboxylic acids is 1. The summed E-state index contributed by atoms with van der Waals surface area (Å²) in [6.45, 7) is 3.98. The summed E-state index contributed by atoms with van der Waals surface area (Å²) in [5, 5.41) is 9.26. The molecule has 2 aliphatic rings. The quantitative estimate of drug-likeness (QED) is 0.632. The van der Waals surface area contributed by atoms with Crippen molar-refractivity contribution in [2.24, 2.45) is 5.92 Å². The Morgan fingerprint density at radius 1 is 1.50 bits per heavy atom. The molecule has 0 aromatic heterocycles. The van der Waals surface area contributed by atoms with Crippen molar-refractivity contribution in [3.05, 3.63) is 0 Å². The molecular formula is C11H22N4O. The molecule has 92 valence electrons. The van der Waals surface area contributed by atoms with Crippen LogP contribution in [0, 0.1) is 5.92 Å². The molecule has 0 saturated carbocycles. The summed E-state index contributed by atoms with van der Waals surface area (Å²) >= 11 is 0. The average Bonchev–Trinajstić information content (AvgIpc) is 2.88. The van der Waals surface area contributed by atoms with Crippen LogP contribution in [0.4, 0.5) is 4.79 Å². The van der Waals surface area contributed by atoms with E-state index in [4.69, 9.17) is 0 Å². The zero-order valence-corrected chi connectivity index (χ0v) is 9.96. The maximum Gasteiger partial charge on any atom is 0.316 e. The van der Waals surface area contributed by atoms with Crippen molar-refractivity contribution in [1.29, 1.82) is 0 Å². The average molecular weight is 226 g/mol. The number of hydrogen-bond donors (Lipinski definition) is 3. The lowest BCUT2D eigenvalue weighted by atomic mass is 10.1. The third kappa shape index (κ3) is 3.09. The van der Waals surface area contributed by atoms with Crippen molar-refractivity contribution < 1.29 is 4.79 Å². The number of nitrogens with one attached hydrogen (secondary N) is 3. The minimum absolute atomic E-state index is 0.0225. The number of carbonyl (C=O) groups is 1. The number of amides is 2. The van der Waals surface area contributed by atoms with Gasteiger partial charge in [-0.2, -0.15) is 0 Å². The lowest BCUT2D eigenvalue weighted by Crippen LogP contribution is -2.48. The van der Waals surface area contributed by atoms with E-state index in [1.54, 1.807) is 0 Å². The van der Waals surface area contributed by atoms with Gasteiger partial charge in [0, 0.05) is 6.54 Å². The van der Waals surface area contributed by atoms with Gasteiger partial charge in [-0.15, -0.1) is 0 Å². The van der Waals surface area contributed by atoms with Gasteiger partial charge in [0.1, 0.15) is 0 Å². The van der Waals surface area contributed by atoms with Gasteiger partial charge in [-0.05, 0) is 51.9 Å². The fraction of sp³-hybridized carbons (Fsp3) is 0.909. The van der Waals surface area contributed by atoms with E-state index in [1.807, 2.05) is 0 Å². The van der Waals surface area contributed by atoms with Gasteiger partial charge in [-0.3, -0.25) is 4.90 Å². The summed E-state index contributed by atoms with van der Waals surface area (Å²) in [7, 11) is 2.05. The molecule has 0 spiro atoms. The second-order valence-corrected chi connectivity index (χ2v) is 4.85. The van der Waals surface area contributed by atoms with Crippen molar-refractivity contribution in [3.8, 4) is 0 Å². The van der Waals surface area contributed by atoms with E-state index >= 15 is 0 Å². The molecule has 0 aromatic rings. The summed E-state index contributed by atoms with van der Waals surface area (Å²) in [5.41, 5.74) is 0. The van der Waals surface area contributed by atoms with E-state index in [0.29, 0.717) is 5.92 Å². The topological polar surface area (TPSA) is 56.4 Å². The molecule has 5 heteroatoms. The van der Waals surface area contributed by atoms with Crippen LogP contribution in [0.5, 0.6) is 0 Å². The highest BCUT2D eigenvalue weighted by Gasteiger charge is 2.22. The molecule has 0 bridgehead atoms.